The number of rotatable bonds is 3. The molecule has 1 atom stereocenters. The van der Waals surface area contributed by atoms with Gasteiger partial charge in [0.25, 0.3) is 0 Å². The van der Waals surface area contributed by atoms with Gasteiger partial charge in [0.05, 0.1) is 12.8 Å². The molecule has 4 rings (SSSR count). The Morgan fingerprint density at radius 2 is 1.74 bits per heavy atom. The third-order valence-corrected chi connectivity index (χ3v) is 4.19. The lowest BCUT2D eigenvalue weighted by Crippen LogP contribution is -2.27. The van der Waals surface area contributed by atoms with Crippen LogP contribution in [0.2, 0.25) is 0 Å². The van der Waals surface area contributed by atoms with E-state index < -0.39 is 0 Å². The minimum Gasteiger partial charge on any atom is -0.484 e. The summed E-state index contributed by atoms with van der Waals surface area (Å²) in [6.45, 7) is 2.48. The van der Waals surface area contributed by atoms with Crippen molar-refractivity contribution in [3.63, 3.8) is 0 Å². The lowest BCUT2D eigenvalue weighted by atomic mass is 10.1. The number of hydrogen-bond donors (Lipinski definition) is 0. The summed E-state index contributed by atoms with van der Waals surface area (Å²) < 4.78 is 11.8. The maximum atomic E-state index is 6.32. The molecule has 116 valence electrons. The second kappa shape index (κ2) is 6.31. The largest absolute Gasteiger partial charge is 0.484 e. The number of para-hydroxylation sites is 1. The number of ether oxygens (including phenoxy) is 1. The molecule has 1 aliphatic rings. The zero-order chi connectivity index (χ0) is 15.5. The van der Waals surface area contributed by atoms with Crippen LogP contribution in [0.15, 0.2) is 77.4 Å². The molecule has 3 heteroatoms. The van der Waals surface area contributed by atoms with Crippen LogP contribution in [-0.2, 0) is 13.1 Å². The van der Waals surface area contributed by atoms with Crippen LogP contribution in [0.1, 0.15) is 23.0 Å². The van der Waals surface area contributed by atoms with Gasteiger partial charge in [0.15, 0.2) is 0 Å². The van der Waals surface area contributed by atoms with Gasteiger partial charge in [-0.2, -0.15) is 0 Å². The number of nitrogens with zero attached hydrogens (tertiary/aromatic N) is 1. The fraction of sp³-hybridized carbons (Fsp3) is 0.200. The highest BCUT2D eigenvalue weighted by molar-refractivity contribution is 5.35. The lowest BCUT2D eigenvalue weighted by molar-refractivity contribution is 0.138. The van der Waals surface area contributed by atoms with Crippen LogP contribution >= 0.6 is 0 Å². The predicted octanol–water partition coefficient (Wildman–Crippen LogP) is 4.42. The van der Waals surface area contributed by atoms with Crippen LogP contribution in [0.3, 0.4) is 0 Å². The summed E-state index contributed by atoms with van der Waals surface area (Å²) in [6.07, 6.45) is 1.75. The molecule has 0 N–H and O–H groups in total. The Morgan fingerprint density at radius 3 is 2.57 bits per heavy atom. The Bertz CT molecular complexity index is 752. The van der Waals surface area contributed by atoms with Crippen LogP contribution in [-0.4, -0.2) is 11.4 Å². The SMILES string of the molecule is c1ccc(C2CN(Cc3ccco3)Cc3ccccc3O2)cc1. The summed E-state index contributed by atoms with van der Waals surface area (Å²) in [4.78, 5) is 2.38. The van der Waals surface area contributed by atoms with Crippen LogP contribution in [0.5, 0.6) is 5.75 Å². The summed E-state index contributed by atoms with van der Waals surface area (Å²) in [5.74, 6) is 1.96. The third kappa shape index (κ3) is 3.15. The zero-order valence-corrected chi connectivity index (χ0v) is 12.9. The summed E-state index contributed by atoms with van der Waals surface area (Å²) in [7, 11) is 0. The summed E-state index contributed by atoms with van der Waals surface area (Å²) in [5, 5.41) is 0. The van der Waals surface area contributed by atoms with E-state index in [-0.39, 0.29) is 6.10 Å². The van der Waals surface area contributed by atoms with E-state index in [1.807, 2.05) is 24.3 Å². The van der Waals surface area contributed by atoms with Gasteiger partial charge in [-0.15, -0.1) is 0 Å². The smallest absolute Gasteiger partial charge is 0.136 e. The summed E-state index contributed by atoms with van der Waals surface area (Å²) in [5.41, 5.74) is 2.42. The van der Waals surface area contributed by atoms with E-state index in [9.17, 15) is 0 Å². The van der Waals surface area contributed by atoms with Gasteiger partial charge >= 0.3 is 0 Å². The van der Waals surface area contributed by atoms with Crippen molar-refractivity contribution < 1.29 is 9.15 Å². The molecule has 23 heavy (non-hydrogen) atoms. The summed E-state index contributed by atoms with van der Waals surface area (Å²) in [6, 6.07) is 22.7. The zero-order valence-electron chi connectivity index (χ0n) is 12.9. The van der Waals surface area contributed by atoms with Gasteiger partial charge in [0.2, 0.25) is 0 Å². The molecule has 3 nitrogen and oxygen atoms in total. The Kier molecular flexibility index (Phi) is 3.86. The predicted molar refractivity (Wildman–Crippen MR) is 89.1 cm³/mol. The lowest BCUT2D eigenvalue weighted by Gasteiger charge is -2.23. The minimum absolute atomic E-state index is 0.0230. The number of furan rings is 1. The van der Waals surface area contributed by atoms with Crippen LogP contribution in [0, 0.1) is 0 Å². The maximum Gasteiger partial charge on any atom is 0.136 e. The molecule has 0 aliphatic carbocycles. The van der Waals surface area contributed by atoms with Gasteiger partial charge in [-0.25, -0.2) is 0 Å². The first kappa shape index (κ1) is 14.1. The molecule has 2 heterocycles. The Balaban J connectivity index is 1.65. The van der Waals surface area contributed by atoms with E-state index in [0.29, 0.717) is 0 Å². The Morgan fingerprint density at radius 1 is 0.913 bits per heavy atom. The van der Waals surface area contributed by atoms with Crippen molar-refractivity contribution in [2.45, 2.75) is 19.2 Å². The average Bonchev–Trinajstić information content (AvgIpc) is 3.02. The van der Waals surface area contributed by atoms with Gasteiger partial charge in [-0.1, -0.05) is 48.5 Å². The average molecular weight is 305 g/mol. The first-order valence-electron chi connectivity index (χ1n) is 7.93. The molecule has 0 fully saturated rings. The monoisotopic (exact) mass is 305 g/mol. The van der Waals surface area contributed by atoms with Crippen molar-refractivity contribution in [2.24, 2.45) is 0 Å². The molecule has 0 saturated carbocycles. The number of benzene rings is 2. The molecule has 1 aliphatic heterocycles. The fourth-order valence-electron chi connectivity index (χ4n) is 3.06. The van der Waals surface area contributed by atoms with Gasteiger partial charge in [0, 0.05) is 18.7 Å². The van der Waals surface area contributed by atoms with Crippen molar-refractivity contribution >= 4 is 0 Å². The van der Waals surface area contributed by atoms with Crippen molar-refractivity contribution in [2.75, 3.05) is 6.54 Å². The normalized spacial score (nSPS) is 18.0. The second-order valence-electron chi connectivity index (χ2n) is 5.87. The van der Waals surface area contributed by atoms with E-state index in [0.717, 1.165) is 31.1 Å². The molecule has 0 amide bonds. The Labute approximate surface area is 136 Å². The van der Waals surface area contributed by atoms with Gasteiger partial charge < -0.3 is 9.15 Å². The van der Waals surface area contributed by atoms with Gasteiger partial charge in [0.1, 0.15) is 17.6 Å². The molecule has 0 radical (unpaired) electrons. The van der Waals surface area contributed by atoms with Crippen molar-refractivity contribution in [1.82, 2.24) is 4.90 Å². The van der Waals surface area contributed by atoms with E-state index in [1.165, 1.54) is 11.1 Å². The molecule has 0 spiro atoms. The topological polar surface area (TPSA) is 25.6 Å². The van der Waals surface area contributed by atoms with Crippen LogP contribution < -0.4 is 4.74 Å². The third-order valence-electron chi connectivity index (χ3n) is 4.19. The van der Waals surface area contributed by atoms with Crippen LogP contribution in [0.25, 0.3) is 0 Å². The van der Waals surface area contributed by atoms with E-state index in [1.54, 1.807) is 6.26 Å². The van der Waals surface area contributed by atoms with Crippen molar-refractivity contribution in [3.05, 3.63) is 89.9 Å². The molecule has 0 saturated heterocycles. The summed E-state index contributed by atoms with van der Waals surface area (Å²) >= 11 is 0. The number of fused-ring (bicyclic) bond motifs is 1. The molecule has 0 bridgehead atoms. The molecule has 1 aromatic heterocycles. The highest BCUT2D eigenvalue weighted by Crippen LogP contribution is 2.31. The molecule has 1 unspecified atom stereocenters. The minimum atomic E-state index is 0.0230. The highest BCUT2D eigenvalue weighted by Gasteiger charge is 2.24. The first-order chi connectivity index (χ1) is 11.4. The van der Waals surface area contributed by atoms with E-state index in [2.05, 4.69) is 47.4 Å². The number of hydrogen-bond acceptors (Lipinski definition) is 3. The standard InChI is InChI=1S/C20H19NO2/c1-2-7-16(8-3-1)20-15-21(14-18-10-6-12-22-18)13-17-9-4-5-11-19(17)23-20/h1-12,20H,13-15H2. The molecule has 3 aromatic rings. The van der Waals surface area contributed by atoms with Gasteiger partial charge in [-0.05, 0) is 23.8 Å². The molecular formula is C20H19NO2. The molecular weight excluding hydrogens is 286 g/mol. The van der Waals surface area contributed by atoms with E-state index >= 15 is 0 Å². The second-order valence-corrected chi connectivity index (χ2v) is 5.87. The van der Waals surface area contributed by atoms with E-state index in [4.69, 9.17) is 9.15 Å². The van der Waals surface area contributed by atoms with Crippen LogP contribution in [0.4, 0.5) is 0 Å². The Hall–Kier alpha value is -2.52. The van der Waals surface area contributed by atoms with Crippen molar-refractivity contribution in [3.8, 4) is 5.75 Å². The van der Waals surface area contributed by atoms with Crippen molar-refractivity contribution in [1.29, 1.82) is 0 Å². The fourth-order valence-corrected chi connectivity index (χ4v) is 3.06. The quantitative estimate of drug-likeness (QED) is 0.716. The highest BCUT2D eigenvalue weighted by atomic mass is 16.5. The van der Waals surface area contributed by atoms with Gasteiger partial charge in [-0.3, -0.25) is 4.90 Å². The first-order valence-corrected chi connectivity index (χ1v) is 7.93. The molecule has 2 aromatic carbocycles. The maximum absolute atomic E-state index is 6.32.